The maximum absolute atomic E-state index is 12.1. The third-order valence-electron chi connectivity index (χ3n) is 2.89. The van der Waals surface area contributed by atoms with Gasteiger partial charge in [-0.2, -0.15) is 0 Å². The molecule has 0 spiro atoms. The Balaban J connectivity index is 2.28. The smallest absolute Gasteiger partial charge is 0.288 e. The Morgan fingerprint density at radius 1 is 1.67 bits per heavy atom. The van der Waals surface area contributed by atoms with Crippen LogP contribution >= 0.6 is 11.6 Å². The number of pyridine rings is 1. The van der Waals surface area contributed by atoms with Crippen molar-refractivity contribution < 1.29 is 9.72 Å². The predicted octanol–water partition coefficient (Wildman–Crippen LogP) is 0.687. The summed E-state index contributed by atoms with van der Waals surface area (Å²) in [6.07, 6.45) is 1.03. The van der Waals surface area contributed by atoms with Crippen LogP contribution in [-0.4, -0.2) is 46.9 Å². The number of carbonyl (C=O) groups excluding carboxylic acids is 1. The van der Waals surface area contributed by atoms with E-state index < -0.39 is 4.92 Å². The van der Waals surface area contributed by atoms with E-state index in [1.807, 2.05) is 0 Å². The van der Waals surface area contributed by atoms with Gasteiger partial charge in [0.1, 0.15) is 11.3 Å². The number of halogens is 1. The molecule has 2 rings (SSSR count). The molecule has 1 aromatic heterocycles. The lowest BCUT2D eigenvalue weighted by Gasteiger charge is -2.35. The van der Waals surface area contributed by atoms with Crippen LogP contribution < -0.4 is 5.32 Å². The second-order valence-corrected chi connectivity index (χ2v) is 4.38. The fraction of sp³-hybridized carbons (Fsp3) is 0.400. The summed E-state index contributed by atoms with van der Waals surface area (Å²) in [5, 5.41) is 13.7. The Morgan fingerprint density at radius 3 is 2.83 bits per heavy atom. The second kappa shape index (κ2) is 4.87. The monoisotopic (exact) mass is 270 g/mol. The van der Waals surface area contributed by atoms with Crippen LogP contribution in [0.3, 0.4) is 0 Å². The molecule has 7 nitrogen and oxygen atoms in total. The van der Waals surface area contributed by atoms with E-state index in [0.29, 0.717) is 13.1 Å². The summed E-state index contributed by atoms with van der Waals surface area (Å²) in [6, 6.07) is 1.24. The molecule has 0 radical (unpaired) electrons. The molecule has 1 saturated heterocycles. The molecule has 2 heterocycles. The second-order valence-electron chi connectivity index (χ2n) is 4.02. The molecular formula is C10H11ClN4O3. The molecule has 8 heteroatoms. The maximum Gasteiger partial charge on any atom is 0.288 e. The number of hydrogen-bond donors (Lipinski definition) is 1. The molecule has 0 aliphatic carbocycles. The average molecular weight is 271 g/mol. The highest BCUT2D eigenvalue weighted by atomic mass is 35.5. The highest BCUT2D eigenvalue weighted by Crippen LogP contribution is 2.21. The molecule has 1 amide bonds. The zero-order valence-corrected chi connectivity index (χ0v) is 10.3. The van der Waals surface area contributed by atoms with Crippen LogP contribution in [0.1, 0.15) is 10.4 Å². The van der Waals surface area contributed by atoms with E-state index in [-0.39, 0.29) is 28.4 Å². The molecule has 0 saturated carbocycles. The predicted molar refractivity (Wildman–Crippen MR) is 64.7 cm³/mol. The Bertz CT molecular complexity index is 504. The fourth-order valence-corrected chi connectivity index (χ4v) is 1.77. The van der Waals surface area contributed by atoms with Crippen molar-refractivity contribution in [3.63, 3.8) is 0 Å². The van der Waals surface area contributed by atoms with E-state index in [9.17, 15) is 14.9 Å². The van der Waals surface area contributed by atoms with Crippen molar-refractivity contribution in [3.8, 4) is 0 Å². The number of carbonyl (C=O) groups is 1. The van der Waals surface area contributed by atoms with Gasteiger partial charge in [-0.3, -0.25) is 14.9 Å². The third-order valence-corrected chi connectivity index (χ3v) is 3.20. The molecular weight excluding hydrogens is 260 g/mol. The molecule has 1 aliphatic rings. The highest BCUT2D eigenvalue weighted by Gasteiger charge is 2.28. The minimum Gasteiger partial charge on any atom is -0.336 e. The van der Waals surface area contributed by atoms with E-state index in [1.54, 1.807) is 7.05 Å². The average Bonchev–Trinajstić information content (AvgIpc) is 2.26. The van der Waals surface area contributed by atoms with E-state index in [2.05, 4.69) is 10.3 Å². The number of hydrogen-bond acceptors (Lipinski definition) is 5. The van der Waals surface area contributed by atoms with E-state index in [1.165, 1.54) is 4.90 Å². The quantitative estimate of drug-likeness (QED) is 0.496. The molecule has 0 aromatic carbocycles. The van der Waals surface area contributed by atoms with Crippen molar-refractivity contribution in [1.82, 2.24) is 15.2 Å². The van der Waals surface area contributed by atoms with Crippen LogP contribution in [-0.2, 0) is 0 Å². The lowest BCUT2D eigenvalue weighted by molar-refractivity contribution is -0.385. The summed E-state index contributed by atoms with van der Waals surface area (Å²) < 4.78 is 0. The number of nitrogens with zero attached hydrogens (tertiary/aromatic N) is 3. The molecule has 0 unspecified atom stereocenters. The van der Waals surface area contributed by atoms with Crippen LogP contribution in [0.15, 0.2) is 12.3 Å². The zero-order valence-electron chi connectivity index (χ0n) is 9.59. The molecule has 1 aromatic rings. The Kier molecular flexibility index (Phi) is 3.44. The Hall–Kier alpha value is -1.73. The van der Waals surface area contributed by atoms with Crippen molar-refractivity contribution in [1.29, 1.82) is 0 Å². The van der Waals surface area contributed by atoms with Gasteiger partial charge in [-0.15, -0.1) is 0 Å². The maximum atomic E-state index is 12.1. The Morgan fingerprint density at radius 2 is 2.33 bits per heavy atom. The fourth-order valence-electron chi connectivity index (χ4n) is 1.59. The Labute approximate surface area is 108 Å². The molecule has 1 N–H and O–H groups in total. The number of nitro groups is 1. The number of nitrogens with one attached hydrogen (secondary N) is 1. The van der Waals surface area contributed by atoms with Gasteiger partial charge in [-0.25, -0.2) is 4.98 Å². The van der Waals surface area contributed by atoms with Gasteiger partial charge in [0.2, 0.25) is 0 Å². The van der Waals surface area contributed by atoms with Gasteiger partial charge in [-0.05, 0) is 0 Å². The molecule has 1 aliphatic heterocycles. The van der Waals surface area contributed by atoms with Gasteiger partial charge >= 0.3 is 0 Å². The largest absolute Gasteiger partial charge is 0.336 e. The molecule has 18 heavy (non-hydrogen) atoms. The van der Waals surface area contributed by atoms with Gasteiger partial charge in [0.25, 0.3) is 11.6 Å². The summed E-state index contributed by atoms with van der Waals surface area (Å²) in [4.78, 5) is 27.3. The normalized spacial score (nSPS) is 15.0. The van der Waals surface area contributed by atoms with Gasteiger partial charge < -0.3 is 10.2 Å². The third kappa shape index (κ3) is 2.27. The minimum atomic E-state index is -0.606. The molecule has 1 fully saturated rings. The molecule has 0 bridgehead atoms. The van der Waals surface area contributed by atoms with Crippen molar-refractivity contribution in [2.45, 2.75) is 6.04 Å². The van der Waals surface area contributed by atoms with E-state index in [4.69, 9.17) is 11.6 Å². The standard InChI is InChI=1S/C10H11ClN4O3/c1-14(7-3-12-4-7)10(16)8-2-6(15(17)18)5-13-9(8)11/h2,5,7,12H,3-4H2,1H3. The first-order valence-corrected chi connectivity index (χ1v) is 5.66. The van der Waals surface area contributed by atoms with Gasteiger partial charge in [0.15, 0.2) is 0 Å². The first-order valence-electron chi connectivity index (χ1n) is 5.28. The van der Waals surface area contributed by atoms with Crippen LogP contribution in [0.2, 0.25) is 5.15 Å². The van der Waals surface area contributed by atoms with Crippen LogP contribution in [0.5, 0.6) is 0 Å². The van der Waals surface area contributed by atoms with Crippen LogP contribution in [0, 0.1) is 10.1 Å². The summed E-state index contributed by atoms with van der Waals surface area (Å²) in [7, 11) is 1.64. The first-order chi connectivity index (χ1) is 8.50. The summed E-state index contributed by atoms with van der Waals surface area (Å²) in [5.41, 5.74) is -0.192. The minimum absolute atomic E-state index is 0.0234. The van der Waals surface area contributed by atoms with Gasteiger partial charge in [0.05, 0.1) is 16.5 Å². The summed E-state index contributed by atoms with van der Waals surface area (Å²) in [5.74, 6) is -0.359. The molecule has 96 valence electrons. The lowest BCUT2D eigenvalue weighted by atomic mass is 10.1. The van der Waals surface area contributed by atoms with Crippen molar-refractivity contribution >= 4 is 23.2 Å². The van der Waals surface area contributed by atoms with Crippen molar-refractivity contribution in [2.24, 2.45) is 0 Å². The van der Waals surface area contributed by atoms with Crippen molar-refractivity contribution in [3.05, 3.63) is 33.1 Å². The number of rotatable bonds is 3. The highest BCUT2D eigenvalue weighted by molar-refractivity contribution is 6.32. The van der Waals surface area contributed by atoms with Gasteiger partial charge in [0, 0.05) is 26.2 Å². The van der Waals surface area contributed by atoms with Gasteiger partial charge in [-0.1, -0.05) is 11.6 Å². The van der Waals surface area contributed by atoms with Crippen LogP contribution in [0.4, 0.5) is 5.69 Å². The summed E-state index contributed by atoms with van der Waals surface area (Å²) in [6.45, 7) is 1.42. The zero-order chi connectivity index (χ0) is 13.3. The summed E-state index contributed by atoms with van der Waals surface area (Å²) >= 11 is 5.81. The van der Waals surface area contributed by atoms with E-state index >= 15 is 0 Å². The SMILES string of the molecule is CN(C(=O)c1cc([N+](=O)[O-])cnc1Cl)C1CNC1. The topological polar surface area (TPSA) is 88.4 Å². The molecule has 0 atom stereocenters. The van der Waals surface area contributed by atoms with E-state index in [0.717, 1.165) is 12.3 Å². The number of amides is 1. The van der Waals surface area contributed by atoms with Crippen LogP contribution in [0.25, 0.3) is 0 Å². The van der Waals surface area contributed by atoms with Crippen molar-refractivity contribution in [2.75, 3.05) is 20.1 Å². The number of likely N-dealkylation sites (N-methyl/N-ethyl adjacent to an activating group) is 1. The lowest BCUT2D eigenvalue weighted by Crippen LogP contribution is -2.57. The first kappa shape index (κ1) is 12.7. The number of aromatic nitrogens is 1.